The quantitative estimate of drug-likeness (QED) is 0.487. The van der Waals surface area contributed by atoms with Gasteiger partial charge in [-0.2, -0.15) is 0 Å². The van der Waals surface area contributed by atoms with Crippen LogP contribution in [0, 0.1) is 0 Å². The Morgan fingerprint density at radius 3 is 2.30 bits per heavy atom. The van der Waals surface area contributed by atoms with Crippen molar-refractivity contribution in [3.63, 3.8) is 0 Å². The van der Waals surface area contributed by atoms with Crippen molar-refractivity contribution in [2.24, 2.45) is 0 Å². The summed E-state index contributed by atoms with van der Waals surface area (Å²) >= 11 is -1.24. The van der Waals surface area contributed by atoms with E-state index < -0.39 is 20.3 Å². The molecule has 3 nitrogen and oxygen atoms in total. The van der Waals surface area contributed by atoms with E-state index in [0.29, 0.717) is 19.6 Å². The molecule has 1 aliphatic rings. The zero-order chi connectivity index (χ0) is 15.0. The molecule has 4 heteroatoms. The third-order valence-corrected chi connectivity index (χ3v) is 7.37. The number of aliphatic hydroxyl groups is 1. The van der Waals surface area contributed by atoms with E-state index in [1.165, 1.54) is 5.57 Å². The Morgan fingerprint density at radius 2 is 1.80 bits per heavy atom. The van der Waals surface area contributed by atoms with Crippen LogP contribution in [-0.2, 0) is 9.47 Å². The summed E-state index contributed by atoms with van der Waals surface area (Å²) in [5.41, 5.74) is 1.48. The first-order valence-corrected chi connectivity index (χ1v) is 14.0. The Bertz CT molecular complexity index is 340. The molecule has 0 radical (unpaired) electrons. The molecule has 1 rings (SSSR count). The summed E-state index contributed by atoms with van der Waals surface area (Å²) in [5, 5.41) is 10.5. The molecule has 0 heterocycles. The zero-order valence-corrected chi connectivity index (χ0v) is 15.9. The molecular weight excluding hydrogens is 313 g/mol. The number of rotatable bonds is 10. The standard InChI is InChI=1S/C16H30GeO3/c1-5-12-19-16(18,20-13-6-2)11-10-14-8-7-9-15(14)17(3)4/h7,9,17-18H,5-6,8,10-13H2,1-4H3. The molecule has 1 N–H and O–H groups in total. The summed E-state index contributed by atoms with van der Waals surface area (Å²) in [7, 11) is 0. The van der Waals surface area contributed by atoms with Crippen LogP contribution in [-0.4, -0.2) is 38.6 Å². The fourth-order valence-electron chi connectivity index (χ4n) is 2.43. The van der Waals surface area contributed by atoms with Gasteiger partial charge in [0.05, 0.1) is 0 Å². The van der Waals surface area contributed by atoms with Crippen molar-refractivity contribution < 1.29 is 14.6 Å². The Kier molecular flexibility index (Phi) is 8.11. The maximum atomic E-state index is 10.5. The Labute approximate surface area is 128 Å². The topological polar surface area (TPSA) is 38.7 Å². The Hall–Kier alpha value is -0.0971. The van der Waals surface area contributed by atoms with Gasteiger partial charge in [-0.1, -0.05) is 0 Å². The van der Waals surface area contributed by atoms with Crippen LogP contribution >= 0.6 is 0 Å². The van der Waals surface area contributed by atoms with Gasteiger partial charge >= 0.3 is 128 Å². The first kappa shape index (κ1) is 18.0. The van der Waals surface area contributed by atoms with Crippen LogP contribution in [0.4, 0.5) is 0 Å². The molecule has 0 fully saturated rings. The van der Waals surface area contributed by atoms with Gasteiger partial charge in [0.2, 0.25) is 0 Å². The zero-order valence-electron chi connectivity index (χ0n) is 13.4. The predicted molar refractivity (Wildman–Crippen MR) is 86.3 cm³/mol. The van der Waals surface area contributed by atoms with Crippen molar-refractivity contribution in [1.29, 1.82) is 0 Å². The summed E-state index contributed by atoms with van der Waals surface area (Å²) in [5.74, 6) is 3.38. The Morgan fingerprint density at radius 1 is 1.20 bits per heavy atom. The predicted octanol–water partition coefficient (Wildman–Crippen LogP) is 3.55. The average Bonchev–Trinajstić information content (AvgIpc) is 2.90. The van der Waals surface area contributed by atoms with Gasteiger partial charge in [0, 0.05) is 0 Å². The third-order valence-electron chi connectivity index (χ3n) is 3.50. The third kappa shape index (κ3) is 5.72. The minimum absolute atomic E-state index is 0.530. The molecule has 20 heavy (non-hydrogen) atoms. The summed E-state index contributed by atoms with van der Waals surface area (Å²) in [6.07, 6.45) is 8.74. The molecule has 0 aromatic rings. The molecule has 0 bridgehead atoms. The van der Waals surface area contributed by atoms with Crippen molar-refractivity contribution in [3.8, 4) is 0 Å². The number of hydrogen-bond acceptors (Lipinski definition) is 3. The van der Waals surface area contributed by atoms with Crippen molar-refractivity contribution >= 4 is 14.3 Å². The SMILES string of the molecule is CCCOC(O)(CCC1=[C]([GeH]([CH3])[CH3])C=CC1)OCCC. The number of ether oxygens (including phenoxy) is 2. The first-order valence-electron chi connectivity index (χ1n) is 7.91. The van der Waals surface area contributed by atoms with Gasteiger partial charge in [0.25, 0.3) is 0 Å². The normalized spacial score (nSPS) is 15.7. The molecule has 0 spiro atoms. The fraction of sp³-hybridized carbons (Fsp3) is 0.750. The van der Waals surface area contributed by atoms with Gasteiger partial charge < -0.3 is 0 Å². The van der Waals surface area contributed by atoms with Gasteiger partial charge in [0.15, 0.2) is 0 Å². The van der Waals surface area contributed by atoms with Crippen LogP contribution in [0.3, 0.4) is 0 Å². The van der Waals surface area contributed by atoms with Gasteiger partial charge in [-0.25, -0.2) is 0 Å². The van der Waals surface area contributed by atoms with Crippen LogP contribution in [0.2, 0.25) is 11.5 Å². The molecule has 0 aliphatic heterocycles. The van der Waals surface area contributed by atoms with E-state index in [-0.39, 0.29) is 0 Å². The average molecular weight is 343 g/mol. The van der Waals surface area contributed by atoms with E-state index in [4.69, 9.17) is 9.47 Å². The number of allylic oxidation sites excluding steroid dienone is 4. The second-order valence-corrected chi connectivity index (χ2v) is 11.9. The van der Waals surface area contributed by atoms with Gasteiger partial charge in [-0.15, -0.1) is 0 Å². The molecule has 116 valence electrons. The monoisotopic (exact) mass is 344 g/mol. The molecule has 0 unspecified atom stereocenters. The first-order chi connectivity index (χ1) is 9.52. The summed E-state index contributed by atoms with van der Waals surface area (Å²) < 4.78 is 12.7. The molecular formula is C16H30GeO3. The minimum atomic E-state index is -1.41. The van der Waals surface area contributed by atoms with Gasteiger partial charge in [-0.05, 0) is 0 Å². The molecule has 0 saturated carbocycles. The fourth-order valence-corrected chi connectivity index (χ4v) is 5.79. The maximum absolute atomic E-state index is 10.5. The van der Waals surface area contributed by atoms with Crippen LogP contribution in [0.15, 0.2) is 22.1 Å². The Balaban J connectivity index is 2.59. The van der Waals surface area contributed by atoms with Crippen molar-refractivity contribution in [1.82, 2.24) is 0 Å². The molecule has 1 aliphatic carbocycles. The van der Waals surface area contributed by atoms with E-state index in [9.17, 15) is 5.11 Å². The van der Waals surface area contributed by atoms with E-state index in [1.807, 2.05) is 13.8 Å². The van der Waals surface area contributed by atoms with Crippen molar-refractivity contribution in [2.75, 3.05) is 13.2 Å². The molecule has 0 amide bonds. The molecule has 0 aromatic carbocycles. The van der Waals surface area contributed by atoms with Crippen LogP contribution in [0.25, 0.3) is 0 Å². The summed E-state index contributed by atoms with van der Waals surface area (Å²) in [6.45, 7) is 5.14. The van der Waals surface area contributed by atoms with Crippen molar-refractivity contribution in [2.45, 2.75) is 63.4 Å². The molecule has 0 saturated heterocycles. The second-order valence-electron chi connectivity index (χ2n) is 5.73. The summed E-state index contributed by atoms with van der Waals surface area (Å²) in [6, 6.07) is 0. The van der Waals surface area contributed by atoms with E-state index in [1.54, 1.807) is 4.41 Å². The number of hydrogen-bond donors (Lipinski definition) is 1. The van der Waals surface area contributed by atoms with E-state index >= 15 is 0 Å². The van der Waals surface area contributed by atoms with E-state index in [0.717, 1.165) is 25.7 Å². The second kappa shape index (κ2) is 9.03. The molecule has 0 atom stereocenters. The molecule has 0 aromatic heterocycles. The van der Waals surface area contributed by atoms with Crippen molar-refractivity contribution in [3.05, 3.63) is 22.1 Å². The van der Waals surface area contributed by atoms with E-state index in [2.05, 4.69) is 23.7 Å². The summed E-state index contributed by atoms with van der Waals surface area (Å²) in [4.78, 5) is 0. The van der Waals surface area contributed by atoms with Gasteiger partial charge in [0.1, 0.15) is 0 Å². The van der Waals surface area contributed by atoms with Crippen LogP contribution < -0.4 is 0 Å². The van der Waals surface area contributed by atoms with Gasteiger partial charge in [-0.3, -0.25) is 0 Å². The van der Waals surface area contributed by atoms with Crippen LogP contribution in [0.1, 0.15) is 46.0 Å². The van der Waals surface area contributed by atoms with Crippen LogP contribution in [0.5, 0.6) is 0 Å².